The number of amides is 1. The van der Waals surface area contributed by atoms with Crippen LogP contribution in [0, 0.1) is 0 Å². The van der Waals surface area contributed by atoms with Crippen molar-refractivity contribution in [2.75, 3.05) is 11.4 Å². The number of hydrogen-bond donors (Lipinski definition) is 1. The van der Waals surface area contributed by atoms with E-state index in [9.17, 15) is 4.79 Å². The van der Waals surface area contributed by atoms with Crippen LogP contribution in [-0.2, 0) is 17.9 Å². The quantitative estimate of drug-likeness (QED) is 0.750. The highest BCUT2D eigenvalue weighted by Crippen LogP contribution is 2.26. The minimum atomic E-state index is 0.231. The molecule has 3 heterocycles. The second-order valence-electron chi connectivity index (χ2n) is 4.59. The van der Waals surface area contributed by atoms with Crippen LogP contribution in [0.4, 0.5) is 5.69 Å². The Hall–Kier alpha value is -1.36. The van der Waals surface area contributed by atoms with Gasteiger partial charge < -0.3 is 10.2 Å². The van der Waals surface area contributed by atoms with Crippen LogP contribution in [0.2, 0.25) is 0 Å². The molecule has 86 valence electrons. The number of carbonyl (C=O) groups excluding carboxylic acids is 1. The van der Waals surface area contributed by atoms with Gasteiger partial charge in [-0.1, -0.05) is 0 Å². The fraction of sp³-hybridized carbons (Fsp3) is 0.636. The molecule has 5 heteroatoms. The van der Waals surface area contributed by atoms with Gasteiger partial charge in [-0.05, 0) is 13.3 Å². The van der Waals surface area contributed by atoms with Crippen LogP contribution in [-0.4, -0.2) is 28.3 Å². The Labute approximate surface area is 94.4 Å². The van der Waals surface area contributed by atoms with E-state index in [-0.39, 0.29) is 5.91 Å². The predicted octanol–water partition coefficient (Wildman–Crippen LogP) is 0.502. The van der Waals surface area contributed by atoms with Gasteiger partial charge in [-0.2, -0.15) is 5.10 Å². The van der Waals surface area contributed by atoms with Gasteiger partial charge in [0.25, 0.3) is 0 Å². The fourth-order valence-corrected chi connectivity index (χ4v) is 2.46. The topological polar surface area (TPSA) is 50.2 Å². The number of rotatable bonds is 1. The Morgan fingerprint density at radius 2 is 2.44 bits per heavy atom. The maximum atomic E-state index is 11.7. The second kappa shape index (κ2) is 3.59. The van der Waals surface area contributed by atoms with Crippen LogP contribution in [0.3, 0.4) is 0 Å². The van der Waals surface area contributed by atoms with Crippen molar-refractivity contribution >= 4 is 11.6 Å². The first kappa shape index (κ1) is 9.84. The second-order valence-corrected chi connectivity index (χ2v) is 4.59. The molecule has 1 saturated heterocycles. The maximum absolute atomic E-state index is 11.7. The van der Waals surface area contributed by atoms with Crippen molar-refractivity contribution in [1.29, 1.82) is 0 Å². The third kappa shape index (κ3) is 1.43. The Bertz CT molecular complexity index is 426. The third-order valence-electron chi connectivity index (χ3n) is 3.36. The van der Waals surface area contributed by atoms with E-state index in [2.05, 4.69) is 17.3 Å². The van der Waals surface area contributed by atoms with Crippen molar-refractivity contribution in [1.82, 2.24) is 15.1 Å². The van der Waals surface area contributed by atoms with E-state index in [1.807, 2.05) is 15.8 Å². The molecule has 0 unspecified atom stereocenters. The normalized spacial score (nSPS) is 24.9. The molecule has 1 aromatic heterocycles. The molecule has 0 spiro atoms. The fourth-order valence-electron chi connectivity index (χ4n) is 2.46. The lowest BCUT2D eigenvalue weighted by molar-refractivity contribution is -0.117. The van der Waals surface area contributed by atoms with Crippen molar-refractivity contribution in [3.63, 3.8) is 0 Å². The summed E-state index contributed by atoms with van der Waals surface area (Å²) < 4.78 is 2.02. The molecular weight excluding hydrogens is 204 g/mol. The van der Waals surface area contributed by atoms with Crippen molar-refractivity contribution < 1.29 is 4.79 Å². The lowest BCUT2D eigenvalue weighted by Gasteiger charge is -2.24. The number of fused-ring (bicyclic) bond motifs is 1. The monoisotopic (exact) mass is 220 g/mol. The zero-order valence-corrected chi connectivity index (χ0v) is 9.44. The highest BCUT2D eigenvalue weighted by molar-refractivity contribution is 5.95. The zero-order valence-electron chi connectivity index (χ0n) is 9.44. The molecule has 0 radical (unpaired) electrons. The summed E-state index contributed by atoms with van der Waals surface area (Å²) in [5, 5.41) is 7.77. The van der Waals surface area contributed by atoms with Gasteiger partial charge in [-0.15, -0.1) is 0 Å². The van der Waals surface area contributed by atoms with E-state index in [0.29, 0.717) is 12.5 Å². The van der Waals surface area contributed by atoms with Gasteiger partial charge in [-0.25, -0.2) is 0 Å². The summed E-state index contributed by atoms with van der Waals surface area (Å²) in [5.41, 5.74) is 2.15. The molecule has 5 nitrogen and oxygen atoms in total. The molecule has 1 fully saturated rings. The average Bonchev–Trinajstić information content (AvgIpc) is 2.83. The molecule has 16 heavy (non-hydrogen) atoms. The van der Waals surface area contributed by atoms with Crippen molar-refractivity contribution in [2.45, 2.75) is 38.9 Å². The van der Waals surface area contributed by atoms with Gasteiger partial charge in [0.2, 0.25) is 5.91 Å². The van der Waals surface area contributed by atoms with Crippen LogP contribution >= 0.6 is 0 Å². The van der Waals surface area contributed by atoms with E-state index >= 15 is 0 Å². The van der Waals surface area contributed by atoms with Gasteiger partial charge in [-0.3, -0.25) is 9.48 Å². The van der Waals surface area contributed by atoms with E-state index < -0.39 is 0 Å². The van der Waals surface area contributed by atoms with E-state index in [4.69, 9.17) is 0 Å². The Kier molecular flexibility index (Phi) is 2.21. The summed E-state index contributed by atoms with van der Waals surface area (Å²) in [7, 11) is 0. The van der Waals surface area contributed by atoms with E-state index in [0.717, 1.165) is 37.4 Å². The standard InChI is InChI=1S/C11H16N4O/c1-8-7-15-10(5-12-8)9(6-13-15)14-4-2-3-11(14)16/h6,8,12H,2-5,7H2,1H3/t8-/m1/s1. The minimum absolute atomic E-state index is 0.231. The number of nitrogens with zero attached hydrogens (tertiary/aromatic N) is 3. The number of hydrogen-bond acceptors (Lipinski definition) is 3. The highest BCUT2D eigenvalue weighted by Gasteiger charge is 2.28. The van der Waals surface area contributed by atoms with Gasteiger partial charge in [0, 0.05) is 25.6 Å². The van der Waals surface area contributed by atoms with Crippen LogP contribution in [0.1, 0.15) is 25.5 Å². The summed E-state index contributed by atoms with van der Waals surface area (Å²) in [6, 6.07) is 0.453. The van der Waals surface area contributed by atoms with Crippen LogP contribution in [0.25, 0.3) is 0 Å². The summed E-state index contributed by atoms with van der Waals surface area (Å²) in [4.78, 5) is 13.6. The molecule has 0 aliphatic carbocycles. The largest absolute Gasteiger partial charge is 0.309 e. The smallest absolute Gasteiger partial charge is 0.227 e. The van der Waals surface area contributed by atoms with Gasteiger partial charge in [0.15, 0.2) is 0 Å². The molecule has 0 bridgehead atoms. The van der Waals surface area contributed by atoms with Crippen LogP contribution < -0.4 is 10.2 Å². The van der Waals surface area contributed by atoms with Crippen LogP contribution in [0.15, 0.2) is 6.20 Å². The maximum Gasteiger partial charge on any atom is 0.227 e. The average molecular weight is 220 g/mol. The highest BCUT2D eigenvalue weighted by atomic mass is 16.2. The van der Waals surface area contributed by atoms with Crippen molar-refractivity contribution in [3.8, 4) is 0 Å². The number of aromatic nitrogens is 2. The van der Waals surface area contributed by atoms with Gasteiger partial charge in [0.1, 0.15) is 0 Å². The summed E-state index contributed by atoms with van der Waals surface area (Å²) >= 11 is 0. The molecule has 0 aromatic carbocycles. The van der Waals surface area contributed by atoms with Crippen molar-refractivity contribution in [3.05, 3.63) is 11.9 Å². The van der Waals surface area contributed by atoms with E-state index in [1.165, 1.54) is 0 Å². The summed E-state index contributed by atoms with van der Waals surface area (Å²) in [6.07, 6.45) is 3.47. The molecule has 1 atom stereocenters. The SMILES string of the molecule is C[C@@H]1Cn2ncc(N3CCCC3=O)c2CN1. The Morgan fingerprint density at radius 1 is 1.56 bits per heavy atom. The molecule has 1 aromatic rings. The molecule has 2 aliphatic rings. The molecular formula is C11H16N4O. The summed E-state index contributed by atoms with van der Waals surface area (Å²) in [6.45, 7) is 4.68. The summed E-state index contributed by atoms with van der Waals surface area (Å²) in [5.74, 6) is 0.231. The number of nitrogens with one attached hydrogen (secondary N) is 1. The van der Waals surface area contributed by atoms with Gasteiger partial charge in [0.05, 0.1) is 24.1 Å². The predicted molar refractivity (Wildman–Crippen MR) is 60.1 cm³/mol. The molecule has 3 rings (SSSR count). The molecule has 1 amide bonds. The van der Waals surface area contributed by atoms with Crippen LogP contribution in [0.5, 0.6) is 0 Å². The number of anilines is 1. The zero-order chi connectivity index (χ0) is 11.1. The lowest BCUT2D eigenvalue weighted by atomic mass is 10.2. The van der Waals surface area contributed by atoms with Gasteiger partial charge >= 0.3 is 0 Å². The van der Waals surface area contributed by atoms with Crippen molar-refractivity contribution in [2.24, 2.45) is 0 Å². The Balaban J connectivity index is 1.94. The first-order valence-corrected chi connectivity index (χ1v) is 5.84. The lowest BCUT2D eigenvalue weighted by Crippen LogP contribution is -2.37. The first-order valence-electron chi connectivity index (χ1n) is 5.84. The minimum Gasteiger partial charge on any atom is -0.309 e. The molecule has 0 saturated carbocycles. The molecule has 2 aliphatic heterocycles. The molecule has 1 N–H and O–H groups in total. The Morgan fingerprint density at radius 3 is 3.19 bits per heavy atom. The third-order valence-corrected chi connectivity index (χ3v) is 3.36. The first-order chi connectivity index (χ1) is 7.75. The van der Waals surface area contributed by atoms with E-state index in [1.54, 1.807) is 0 Å². The number of carbonyl (C=O) groups is 1.